The zero-order chi connectivity index (χ0) is 17.3. The normalized spacial score (nSPS) is 10.3. The number of aryl methyl sites for hydroxylation is 1. The number of hydrogen-bond donors (Lipinski definition) is 4. The minimum Gasteiger partial charge on any atom is -0.465 e. The molecule has 2 heterocycles. The summed E-state index contributed by atoms with van der Waals surface area (Å²) in [5, 5.41) is 27.6. The topological polar surface area (TPSA) is 141 Å². The lowest BCUT2D eigenvalue weighted by Gasteiger charge is -2.11. The van der Waals surface area contributed by atoms with Crippen LogP contribution in [0.3, 0.4) is 0 Å². The van der Waals surface area contributed by atoms with Gasteiger partial charge in [0.1, 0.15) is 6.07 Å². The standard InChI is InChI=1S/C15H13N7O2/c1-8-2-3-9(4-12(8)20-15(23)24)19-13-5-11(17)14-18-7-10(6-16)22(14)21-13/h2-5,7,20H,17H2,1H3,(H,19,21)(H,23,24). The van der Waals surface area contributed by atoms with Gasteiger partial charge in [-0.2, -0.15) is 9.78 Å². The van der Waals surface area contributed by atoms with Gasteiger partial charge >= 0.3 is 6.09 Å². The number of nitrogen functional groups attached to an aromatic ring is 1. The summed E-state index contributed by atoms with van der Waals surface area (Å²) in [7, 11) is 0. The number of rotatable bonds is 3. The number of nitrogens with zero attached hydrogens (tertiary/aromatic N) is 4. The van der Waals surface area contributed by atoms with Crippen LogP contribution < -0.4 is 16.4 Å². The number of anilines is 4. The molecule has 0 aliphatic rings. The highest BCUT2D eigenvalue weighted by Gasteiger charge is 2.10. The van der Waals surface area contributed by atoms with Gasteiger partial charge in [-0.15, -0.1) is 5.10 Å². The number of imidazole rings is 1. The second-order valence-corrected chi connectivity index (χ2v) is 5.06. The van der Waals surface area contributed by atoms with E-state index in [1.54, 1.807) is 31.2 Å². The third-order valence-corrected chi connectivity index (χ3v) is 3.36. The van der Waals surface area contributed by atoms with Crippen molar-refractivity contribution in [2.45, 2.75) is 6.92 Å². The molecule has 3 rings (SSSR count). The fourth-order valence-corrected chi connectivity index (χ4v) is 2.23. The van der Waals surface area contributed by atoms with Crippen LogP contribution in [-0.2, 0) is 0 Å². The van der Waals surface area contributed by atoms with Gasteiger partial charge in [0.2, 0.25) is 0 Å². The smallest absolute Gasteiger partial charge is 0.409 e. The summed E-state index contributed by atoms with van der Waals surface area (Å²) in [5.74, 6) is 0.402. The van der Waals surface area contributed by atoms with Crippen molar-refractivity contribution in [3.63, 3.8) is 0 Å². The Kier molecular flexibility index (Phi) is 3.63. The molecule has 0 atom stereocenters. The van der Waals surface area contributed by atoms with E-state index in [1.807, 2.05) is 6.07 Å². The molecular weight excluding hydrogens is 310 g/mol. The molecule has 1 aromatic carbocycles. The Hall–Kier alpha value is -3.80. The van der Waals surface area contributed by atoms with Crippen LogP contribution in [0.4, 0.5) is 27.7 Å². The Morgan fingerprint density at radius 2 is 2.21 bits per heavy atom. The van der Waals surface area contributed by atoms with Crippen LogP contribution in [0.25, 0.3) is 5.65 Å². The number of fused-ring (bicyclic) bond motifs is 1. The van der Waals surface area contributed by atoms with Crippen LogP contribution in [-0.4, -0.2) is 25.8 Å². The average molecular weight is 323 g/mol. The van der Waals surface area contributed by atoms with Crippen LogP contribution in [0, 0.1) is 18.3 Å². The largest absolute Gasteiger partial charge is 0.465 e. The van der Waals surface area contributed by atoms with E-state index in [0.717, 1.165) is 5.56 Å². The third kappa shape index (κ3) is 2.76. The van der Waals surface area contributed by atoms with E-state index >= 15 is 0 Å². The van der Waals surface area contributed by atoms with E-state index in [0.29, 0.717) is 28.5 Å². The molecule has 2 aromatic heterocycles. The van der Waals surface area contributed by atoms with E-state index in [9.17, 15) is 4.79 Å². The molecule has 0 spiro atoms. The maximum atomic E-state index is 10.8. The van der Waals surface area contributed by atoms with Gasteiger partial charge in [0.15, 0.2) is 17.2 Å². The first kappa shape index (κ1) is 15.1. The van der Waals surface area contributed by atoms with Crippen molar-refractivity contribution in [3.8, 4) is 6.07 Å². The highest BCUT2D eigenvalue weighted by molar-refractivity contribution is 5.85. The summed E-state index contributed by atoms with van der Waals surface area (Å²) in [6, 6.07) is 8.77. The van der Waals surface area contributed by atoms with Crippen molar-refractivity contribution < 1.29 is 9.90 Å². The van der Waals surface area contributed by atoms with Crippen LogP contribution in [0.15, 0.2) is 30.5 Å². The summed E-state index contributed by atoms with van der Waals surface area (Å²) in [4.78, 5) is 14.9. The molecule has 0 bridgehead atoms. The Balaban J connectivity index is 1.98. The van der Waals surface area contributed by atoms with Gasteiger partial charge < -0.3 is 16.2 Å². The minimum atomic E-state index is -1.14. The maximum absolute atomic E-state index is 10.8. The lowest BCUT2D eigenvalue weighted by molar-refractivity contribution is 0.209. The van der Waals surface area contributed by atoms with Gasteiger partial charge in [-0.25, -0.2) is 9.78 Å². The van der Waals surface area contributed by atoms with Crippen molar-refractivity contribution in [2.24, 2.45) is 0 Å². The van der Waals surface area contributed by atoms with Gasteiger partial charge in [0.05, 0.1) is 11.9 Å². The van der Waals surface area contributed by atoms with Crippen LogP contribution in [0.1, 0.15) is 11.3 Å². The molecule has 0 fully saturated rings. The van der Waals surface area contributed by atoms with Crippen molar-refractivity contribution in [1.82, 2.24) is 14.6 Å². The molecule has 0 aliphatic heterocycles. The number of carbonyl (C=O) groups is 1. The second-order valence-electron chi connectivity index (χ2n) is 5.06. The van der Waals surface area contributed by atoms with Gasteiger partial charge in [-0.3, -0.25) is 5.32 Å². The predicted octanol–water partition coefficient (Wildman–Crippen LogP) is 2.33. The first-order valence-electron chi connectivity index (χ1n) is 6.90. The fraction of sp³-hybridized carbons (Fsp3) is 0.0667. The lowest BCUT2D eigenvalue weighted by atomic mass is 10.2. The molecule has 1 amide bonds. The van der Waals surface area contributed by atoms with E-state index < -0.39 is 6.09 Å². The molecule has 0 aliphatic carbocycles. The molecule has 24 heavy (non-hydrogen) atoms. The Bertz CT molecular complexity index is 987. The number of carboxylic acid groups (broad SMARTS) is 1. The minimum absolute atomic E-state index is 0.262. The monoisotopic (exact) mass is 323 g/mol. The van der Waals surface area contributed by atoms with E-state index in [-0.39, 0.29) is 5.69 Å². The van der Waals surface area contributed by atoms with Crippen molar-refractivity contribution >= 4 is 34.6 Å². The summed E-state index contributed by atoms with van der Waals surface area (Å²) in [5.41, 5.74) is 8.82. The SMILES string of the molecule is Cc1ccc(Nc2cc(N)c3ncc(C#N)n3n2)cc1NC(=O)O. The number of nitrogens with one attached hydrogen (secondary N) is 2. The van der Waals surface area contributed by atoms with E-state index in [4.69, 9.17) is 16.1 Å². The average Bonchev–Trinajstić information content (AvgIpc) is 2.93. The first-order valence-corrected chi connectivity index (χ1v) is 6.90. The summed E-state index contributed by atoms with van der Waals surface area (Å²) in [6.07, 6.45) is 0.250. The molecule has 9 heteroatoms. The van der Waals surface area contributed by atoms with Crippen molar-refractivity contribution in [1.29, 1.82) is 5.26 Å². The number of hydrogen-bond acceptors (Lipinski definition) is 6. The summed E-state index contributed by atoms with van der Waals surface area (Å²) >= 11 is 0. The zero-order valence-corrected chi connectivity index (χ0v) is 12.6. The highest BCUT2D eigenvalue weighted by atomic mass is 16.4. The Morgan fingerprint density at radius 1 is 1.42 bits per heavy atom. The maximum Gasteiger partial charge on any atom is 0.409 e. The van der Waals surface area contributed by atoms with Gasteiger partial charge in [0.25, 0.3) is 0 Å². The van der Waals surface area contributed by atoms with Gasteiger partial charge in [0, 0.05) is 17.4 Å². The number of aromatic nitrogens is 3. The molecule has 120 valence electrons. The molecule has 3 aromatic rings. The van der Waals surface area contributed by atoms with Crippen molar-refractivity contribution in [2.75, 3.05) is 16.4 Å². The van der Waals surface area contributed by atoms with Crippen molar-refractivity contribution in [3.05, 3.63) is 41.7 Å². The quantitative estimate of drug-likeness (QED) is 0.579. The summed E-state index contributed by atoms with van der Waals surface area (Å²) in [6.45, 7) is 1.79. The number of nitrogens with two attached hydrogens (primary N) is 1. The number of benzene rings is 1. The number of nitriles is 1. The number of amides is 1. The van der Waals surface area contributed by atoms with E-state index in [1.165, 1.54) is 10.7 Å². The lowest BCUT2D eigenvalue weighted by Crippen LogP contribution is -2.09. The van der Waals surface area contributed by atoms with Crippen LogP contribution in [0.5, 0.6) is 0 Å². The highest BCUT2D eigenvalue weighted by Crippen LogP contribution is 2.24. The van der Waals surface area contributed by atoms with Crippen LogP contribution >= 0.6 is 0 Å². The molecule has 0 saturated heterocycles. The molecule has 5 N–H and O–H groups in total. The molecule has 0 radical (unpaired) electrons. The first-order chi connectivity index (χ1) is 11.5. The van der Waals surface area contributed by atoms with Gasteiger partial charge in [-0.05, 0) is 24.6 Å². The van der Waals surface area contributed by atoms with E-state index in [2.05, 4.69) is 20.7 Å². The zero-order valence-electron chi connectivity index (χ0n) is 12.6. The van der Waals surface area contributed by atoms with Crippen LogP contribution in [0.2, 0.25) is 0 Å². The fourth-order valence-electron chi connectivity index (χ4n) is 2.23. The predicted molar refractivity (Wildman–Crippen MR) is 88.2 cm³/mol. The molecule has 0 saturated carbocycles. The third-order valence-electron chi connectivity index (χ3n) is 3.36. The molecule has 9 nitrogen and oxygen atoms in total. The molecule has 0 unspecified atom stereocenters. The Morgan fingerprint density at radius 3 is 2.92 bits per heavy atom. The second kappa shape index (κ2) is 5.77. The molecular formula is C15H13N7O2. The summed E-state index contributed by atoms with van der Waals surface area (Å²) < 4.78 is 1.35. The van der Waals surface area contributed by atoms with Gasteiger partial charge in [-0.1, -0.05) is 6.07 Å². The Labute approximate surface area is 136 Å².